The van der Waals surface area contributed by atoms with Crippen LogP contribution in [0.4, 0.5) is 4.79 Å². The first-order valence-corrected chi connectivity index (χ1v) is 9.47. The molecule has 2 aliphatic rings. The van der Waals surface area contributed by atoms with E-state index in [1.165, 1.54) is 0 Å². The van der Waals surface area contributed by atoms with Gasteiger partial charge in [0.15, 0.2) is 0 Å². The Balaban J connectivity index is 1.71. The molecule has 0 spiro atoms. The summed E-state index contributed by atoms with van der Waals surface area (Å²) in [7, 11) is 0. The molecule has 2 amide bonds. The van der Waals surface area contributed by atoms with E-state index in [-0.39, 0.29) is 18.0 Å². The van der Waals surface area contributed by atoms with Gasteiger partial charge in [-0.3, -0.25) is 9.69 Å². The predicted molar refractivity (Wildman–Crippen MR) is 97.2 cm³/mol. The first kappa shape index (κ1) is 20.0. The van der Waals surface area contributed by atoms with E-state index in [1.54, 1.807) is 0 Å². The number of ether oxygens (including phenoxy) is 1. The largest absolute Gasteiger partial charge is 0.444 e. The molecule has 0 aromatic carbocycles. The van der Waals surface area contributed by atoms with Crippen LogP contribution in [-0.4, -0.2) is 60.3 Å². The van der Waals surface area contributed by atoms with Crippen molar-refractivity contribution in [3.63, 3.8) is 0 Å². The zero-order valence-electron chi connectivity index (χ0n) is 15.8. The number of amides is 2. The van der Waals surface area contributed by atoms with E-state index in [0.717, 1.165) is 51.6 Å². The number of primary amides is 1. The molecule has 0 aromatic heterocycles. The molecule has 0 aromatic rings. The Morgan fingerprint density at radius 1 is 1.08 bits per heavy atom. The van der Waals surface area contributed by atoms with Crippen molar-refractivity contribution in [1.29, 1.82) is 0 Å². The van der Waals surface area contributed by atoms with Crippen molar-refractivity contribution in [3.8, 4) is 0 Å². The molecule has 144 valence electrons. The molecule has 1 heterocycles. The molecule has 2 unspecified atom stereocenters. The molecule has 7 nitrogen and oxygen atoms in total. The third kappa shape index (κ3) is 7.61. The Morgan fingerprint density at radius 2 is 1.72 bits per heavy atom. The quantitative estimate of drug-likeness (QED) is 0.693. The standard InChI is InChI=1S/C18H34N4O3/c1-18(2,3)25-17(24)21-15-6-4-5-14(11-15)20-13-7-9-22(10-8-13)12-16(19)23/h13-15,20H,4-12H2,1-3H3,(H2,19,23)(H,21,24). The highest BCUT2D eigenvalue weighted by molar-refractivity contribution is 5.75. The maximum atomic E-state index is 12.0. The highest BCUT2D eigenvalue weighted by Crippen LogP contribution is 2.21. The molecule has 0 radical (unpaired) electrons. The fourth-order valence-electron chi connectivity index (χ4n) is 3.76. The minimum absolute atomic E-state index is 0.177. The molecule has 25 heavy (non-hydrogen) atoms. The molecule has 1 saturated heterocycles. The molecule has 2 rings (SSSR count). The lowest BCUT2D eigenvalue weighted by Gasteiger charge is -2.37. The van der Waals surface area contributed by atoms with Crippen LogP contribution >= 0.6 is 0 Å². The molecule has 1 aliphatic heterocycles. The van der Waals surface area contributed by atoms with E-state index in [9.17, 15) is 9.59 Å². The smallest absolute Gasteiger partial charge is 0.407 e. The number of carbonyl (C=O) groups is 2. The van der Waals surface area contributed by atoms with Gasteiger partial charge in [0.25, 0.3) is 0 Å². The number of likely N-dealkylation sites (tertiary alicyclic amines) is 1. The van der Waals surface area contributed by atoms with Crippen molar-refractivity contribution >= 4 is 12.0 Å². The fraction of sp³-hybridized carbons (Fsp3) is 0.889. The van der Waals surface area contributed by atoms with Crippen LogP contribution in [0.3, 0.4) is 0 Å². The van der Waals surface area contributed by atoms with E-state index in [2.05, 4.69) is 15.5 Å². The van der Waals surface area contributed by atoms with Crippen molar-refractivity contribution in [2.24, 2.45) is 5.73 Å². The number of piperidine rings is 1. The Hall–Kier alpha value is -1.34. The number of nitrogens with zero attached hydrogens (tertiary/aromatic N) is 1. The highest BCUT2D eigenvalue weighted by atomic mass is 16.6. The summed E-state index contributed by atoms with van der Waals surface area (Å²) in [6.07, 6.45) is 5.96. The Kier molecular flexibility index (Phi) is 7.07. The fourth-order valence-corrected chi connectivity index (χ4v) is 3.76. The zero-order valence-corrected chi connectivity index (χ0v) is 15.8. The maximum absolute atomic E-state index is 12.0. The third-order valence-electron chi connectivity index (χ3n) is 4.83. The van der Waals surface area contributed by atoms with Gasteiger partial charge < -0.3 is 21.1 Å². The predicted octanol–water partition coefficient (Wildman–Crippen LogP) is 1.36. The average Bonchev–Trinajstić information content (AvgIpc) is 2.47. The zero-order chi connectivity index (χ0) is 18.4. The van der Waals surface area contributed by atoms with Crippen LogP contribution in [0.1, 0.15) is 59.3 Å². The van der Waals surface area contributed by atoms with Gasteiger partial charge in [0, 0.05) is 31.2 Å². The topological polar surface area (TPSA) is 96.7 Å². The number of carbonyl (C=O) groups excluding carboxylic acids is 2. The summed E-state index contributed by atoms with van der Waals surface area (Å²) >= 11 is 0. The van der Waals surface area contributed by atoms with Crippen LogP contribution in [0, 0.1) is 0 Å². The van der Waals surface area contributed by atoms with Gasteiger partial charge in [-0.1, -0.05) is 0 Å². The van der Waals surface area contributed by atoms with Crippen LogP contribution in [0.25, 0.3) is 0 Å². The van der Waals surface area contributed by atoms with Crippen molar-refractivity contribution in [2.75, 3.05) is 19.6 Å². The van der Waals surface area contributed by atoms with E-state index in [1.807, 2.05) is 20.8 Å². The normalized spacial score (nSPS) is 26.2. The summed E-state index contributed by atoms with van der Waals surface area (Å²) in [5.74, 6) is -0.255. The van der Waals surface area contributed by atoms with Crippen LogP contribution in [0.5, 0.6) is 0 Å². The SMILES string of the molecule is CC(C)(C)OC(=O)NC1CCCC(NC2CCN(CC(N)=O)CC2)C1. The number of nitrogens with two attached hydrogens (primary N) is 1. The molecule has 1 saturated carbocycles. The second kappa shape index (κ2) is 8.85. The summed E-state index contributed by atoms with van der Waals surface area (Å²) in [6.45, 7) is 7.81. The highest BCUT2D eigenvalue weighted by Gasteiger charge is 2.28. The Morgan fingerprint density at radius 3 is 2.32 bits per heavy atom. The first-order chi connectivity index (χ1) is 11.7. The molecule has 7 heteroatoms. The van der Waals surface area contributed by atoms with Crippen molar-refractivity contribution in [2.45, 2.75) is 83.0 Å². The lowest BCUT2D eigenvalue weighted by molar-refractivity contribution is -0.119. The summed E-state index contributed by atoms with van der Waals surface area (Å²) < 4.78 is 5.36. The summed E-state index contributed by atoms with van der Waals surface area (Å²) in [6, 6.07) is 1.09. The van der Waals surface area contributed by atoms with E-state index in [0.29, 0.717) is 18.6 Å². The lowest BCUT2D eigenvalue weighted by atomic mass is 9.89. The van der Waals surface area contributed by atoms with Crippen molar-refractivity contribution < 1.29 is 14.3 Å². The first-order valence-electron chi connectivity index (χ1n) is 9.47. The second-order valence-corrected chi connectivity index (χ2v) is 8.39. The van der Waals surface area contributed by atoms with Gasteiger partial charge in [-0.05, 0) is 59.3 Å². The number of rotatable bonds is 5. The number of hydrogen-bond donors (Lipinski definition) is 3. The molecular formula is C18H34N4O3. The summed E-state index contributed by atoms with van der Waals surface area (Å²) in [5, 5.41) is 6.76. The summed E-state index contributed by atoms with van der Waals surface area (Å²) in [5.41, 5.74) is 4.80. The van der Waals surface area contributed by atoms with Crippen LogP contribution in [0.15, 0.2) is 0 Å². The third-order valence-corrected chi connectivity index (χ3v) is 4.83. The van der Waals surface area contributed by atoms with Gasteiger partial charge in [0.05, 0.1) is 6.54 Å². The monoisotopic (exact) mass is 354 g/mol. The van der Waals surface area contributed by atoms with Crippen molar-refractivity contribution in [3.05, 3.63) is 0 Å². The van der Waals surface area contributed by atoms with Gasteiger partial charge in [0.2, 0.25) is 5.91 Å². The number of hydrogen-bond acceptors (Lipinski definition) is 5. The van der Waals surface area contributed by atoms with Gasteiger partial charge in [-0.15, -0.1) is 0 Å². The van der Waals surface area contributed by atoms with Gasteiger partial charge in [-0.25, -0.2) is 4.79 Å². The molecule has 2 fully saturated rings. The van der Waals surface area contributed by atoms with Crippen molar-refractivity contribution in [1.82, 2.24) is 15.5 Å². The van der Waals surface area contributed by atoms with Crippen LogP contribution < -0.4 is 16.4 Å². The van der Waals surface area contributed by atoms with Crippen LogP contribution in [0.2, 0.25) is 0 Å². The van der Waals surface area contributed by atoms with Gasteiger partial charge in [-0.2, -0.15) is 0 Å². The average molecular weight is 354 g/mol. The Bertz CT molecular complexity index is 456. The molecule has 1 aliphatic carbocycles. The molecule has 0 bridgehead atoms. The Labute approximate surface area is 151 Å². The lowest BCUT2D eigenvalue weighted by Crippen LogP contribution is -2.51. The maximum Gasteiger partial charge on any atom is 0.407 e. The summed E-state index contributed by atoms with van der Waals surface area (Å²) in [4.78, 5) is 25.1. The van der Waals surface area contributed by atoms with E-state index in [4.69, 9.17) is 10.5 Å². The minimum Gasteiger partial charge on any atom is -0.444 e. The number of alkyl carbamates (subject to hydrolysis) is 1. The van der Waals surface area contributed by atoms with Gasteiger partial charge in [0.1, 0.15) is 5.60 Å². The molecule has 4 N–H and O–H groups in total. The van der Waals surface area contributed by atoms with Crippen LogP contribution in [-0.2, 0) is 9.53 Å². The number of nitrogens with one attached hydrogen (secondary N) is 2. The van der Waals surface area contributed by atoms with E-state index >= 15 is 0 Å². The van der Waals surface area contributed by atoms with Gasteiger partial charge >= 0.3 is 6.09 Å². The molecule has 2 atom stereocenters. The second-order valence-electron chi connectivity index (χ2n) is 8.39. The van der Waals surface area contributed by atoms with E-state index < -0.39 is 5.60 Å². The molecular weight excluding hydrogens is 320 g/mol. The minimum atomic E-state index is -0.463.